The summed E-state index contributed by atoms with van der Waals surface area (Å²) in [5.41, 5.74) is 2.61. The number of thiophene rings is 1. The molecule has 0 N–H and O–H groups in total. The van der Waals surface area contributed by atoms with Crippen LogP contribution in [0, 0.1) is 12.8 Å². The van der Waals surface area contributed by atoms with Crippen molar-refractivity contribution in [1.82, 2.24) is 19.3 Å². The van der Waals surface area contributed by atoms with Gasteiger partial charge in [-0.2, -0.15) is 4.68 Å². The third-order valence-corrected chi connectivity index (χ3v) is 5.49. The average Bonchev–Trinajstić information content (AvgIpc) is 3.22. The molecule has 0 aliphatic rings. The van der Waals surface area contributed by atoms with Gasteiger partial charge in [0.05, 0.1) is 12.1 Å². The molecular weight excluding hydrogens is 360 g/mol. The van der Waals surface area contributed by atoms with Crippen molar-refractivity contribution in [2.75, 3.05) is 7.11 Å². The lowest BCUT2D eigenvalue weighted by molar-refractivity contribution is 0.186. The number of pyridine rings is 1. The standard InChI is InChI=1S/C20H22N4O2S/c1-12(2)9-15-22-17-16-14(11-26-4)10-13(3)21-19(16)27-18(17)20(25)24(15)23-7-5-6-8-23/h5-8,10,12H,9,11H2,1-4H3. The lowest BCUT2D eigenvalue weighted by Gasteiger charge is -2.15. The van der Waals surface area contributed by atoms with Gasteiger partial charge in [0.15, 0.2) is 0 Å². The molecule has 0 bridgehead atoms. The number of aryl methyl sites for hydroxylation is 1. The van der Waals surface area contributed by atoms with Crippen LogP contribution >= 0.6 is 11.3 Å². The third kappa shape index (κ3) is 3.07. The van der Waals surface area contributed by atoms with Crippen molar-refractivity contribution in [3.63, 3.8) is 0 Å². The highest BCUT2D eigenvalue weighted by atomic mass is 32.1. The fourth-order valence-corrected chi connectivity index (χ4v) is 4.53. The summed E-state index contributed by atoms with van der Waals surface area (Å²) in [5, 5.41) is 0.934. The number of hydrogen-bond acceptors (Lipinski definition) is 5. The van der Waals surface area contributed by atoms with Gasteiger partial charge in [-0.3, -0.25) is 9.47 Å². The summed E-state index contributed by atoms with van der Waals surface area (Å²) in [4.78, 5) is 23.8. The van der Waals surface area contributed by atoms with E-state index in [2.05, 4.69) is 18.8 Å². The van der Waals surface area contributed by atoms with Gasteiger partial charge in [-0.1, -0.05) is 13.8 Å². The molecule has 0 radical (unpaired) electrons. The molecule has 0 atom stereocenters. The van der Waals surface area contributed by atoms with E-state index in [-0.39, 0.29) is 5.56 Å². The Morgan fingerprint density at radius 2 is 1.96 bits per heavy atom. The molecule has 4 aromatic heterocycles. The topological polar surface area (TPSA) is 61.9 Å². The van der Waals surface area contributed by atoms with E-state index in [1.807, 2.05) is 37.5 Å². The summed E-state index contributed by atoms with van der Waals surface area (Å²) >= 11 is 1.41. The third-order valence-electron chi connectivity index (χ3n) is 4.43. The van der Waals surface area contributed by atoms with Crippen LogP contribution < -0.4 is 5.56 Å². The first-order valence-electron chi connectivity index (χ1n) is 8.96. The molecule has 4 aromatic rings. The first-order valence-corrected chi connectivity index (χ1v) is 9.78. The summed E-state index contributed by atoms with van der Waals surface area (Å²) < 4.78 is 9.47. The highest BCUT2D eigenvalue weighted by Crippen LogP contribution is 2.33. The van der Waals surface area contributed by atoms with E-state index < -0.39 is 0 Å². The van der Waals surface area contributed by atoms with Crippen molar-refractivity contribution in [2.24, 2.45) is 5.92 Å². The zero-order valence-electron chi connectivity index (χ0n) is 15.9. The second kappa shape index (κ2) is 6.90. The number of hydrogen-bond donors (Lipinski definition) is 0. The maximum atomic E-state index is 13.4. The van der Waals surface area contributed by atoms with Crippen molar-refractivity contribution in [3.8, 4) is 0 Å². The molecule has 7 heteroatoms. The molecule has 4 heterocycles. The predicted molar refractivity (Wildman–Crippen MR) is 108 cm³/mol. The van der Waals surface area contributed by atoms with Gasteiger partial charge in [0.2, 0.25) is 0 Å². The summed E-state index contributed by atoms with van der Waals surface area (Å²) in [6.07, 6.45) is 4.44. The Morgan fingerprint density at radius 1 is 1.22 bits per heavy atom. The van der Waals surface area contributed by atoms with Gasteiger partial charge in [0.25, 0.3) is 5.56 Å². The SMILES string of the molecule is COCc1cc(C)nc2sc3c(=O)n(-n4cccc4)c(CC(C)C)nc3c12. The molecule has 4 rings (SSSR count). The molecule has 0 aromatic carbocycles. The normalized spacial score (nSPS) is 11.9. The number of ether oxygens (including phenoxy) is 1. The Kier molecular flexibility index (Phi) is 4.57. The Hall–Kier alpha value is -2.51. The van der Waals surface area contributed by atoms with Crippen LogP contribution in [0.15, 0.2) is 35.4 Å². The van der Waals surface area contributed by atoms with Gasteiger partial charge >= 0.3 is 0 Å². The van der Waals surface area contributed by atoms with Crippen molar-refractivity contribution in [2.45, 2.75) is 33.8 Å². The van der Waals surface area contributed by atoms with Gasteiger partial charge in [-0.25, -0.2) is 9.97 Å². The Bertz CT molecular complexity index is 1170. The van der Waals surface area contributed by atoms with E-state index in [1.165, 1.54) is 11.3 Å². The fourth-order valence-electron chi connectivity index (χ4n) is 3.40. The minimum Gasteiger partial charge on any atom is -0.380 e. The van der Waals surface area contributed by atoms with Gasteiger partial charge < -0.3 is 4.74 Å². The van der Waals surface area contributed by atoms with E-state index in [1.54, 1.807) is 16.5 Å². The summed E-state index contributed by atoms with van der Waals surface area (Å²) in [5.74, 6) is 1.13. The smallest absolute Gasteiger partial charge is 0.290 e. The zero-order valence-corrected chi connectivity index (χ0v) is 16.7. The number of methoxy groups -OCH3 is 1. The largest absolute Gasteiger partial charge is 0.380 e. The number of fused-ring (bicyclic) bond motifs is 3. The molecule has 0 amide bonds. The Morgan fingerprint density at radius 3 is 2.63 bits per heavy atom. The molecule has 0 spiro atoms. The molecule has 0 unspecified atom stereocenters. The minimum atomic E-state index is -0.0594. The number of aromatic nitrogens is 4. The molecule has 0 aliphatic carbocycles. The van der Waals surface area contributed by atoms with Crippen LogP contribution in [-0.4, -0.2) is 26.4 Å². The lowest BCUT2D eigenvalue weighted by Crippen LogP contribution is -2.29. The lowest BCUT2D eigenvalue weighted by atomic mass is 10.1. The first kappa shape index (κ1) is 17.9. The van der Waals surface area contributed by atoms with E-state index in [0.29, 0.717) is 23.6 Å². The quantitative estimate of drug-likeness (QED) is 0.527. The van der Waals surface area contributed by atoms with E-state index in [0.717, 1.165) is 32.8 Å². The van der Waals surface area contributed by atoms with Crippen LogP contribution in [0.3, 0.4) is 0 Å². The van der Waals surface area contributed by atoms with Crippen LogP contribution in [0.2, 0.25) is 0 Å². The summed E-state index contributed by atoms with van der Waals surface area (Å²) in [6.45, 7) is 6.68. The highest BCUT2D eigenvalue weighted by molar-refractivity contribution is 7.25. The first-order chi connectivity index (χ1) is 13.0. The monoisotopic (exact) mass is 382 g/mol. The van der Waals surface area contributed by atoms with Crippen LogP contribution in [0.1, 0.15) is 30.9 Å². The van der Waals surface area contributed by atoms with Crippen LogP contribution in [0.5, 0.6) is 0 Å². The summed E-state index contributed by atoms with van der Waals surface area (Å²) in [6, 6.07) is 5.82. The van der Waals surface area contributed by atoms with Crippen molar-refractivity contribution in [3.05, 3.63) is 58.0 Å². The second-order valence-electron chi connectivity index (χ2n) is 7.12. The van der Waals surface area contributed by atoms with E-state index in [9.17, 15) is 4.79 Å². The maximum Gasteiger partial charge on any atom is 0.290 e. The maximum absolute atomic E-state index is 13.4. The van der Waals surface area contributed by atoms with E-state index in [4.69, 9.17) is 9.72 Å². The number of rotatable bonds is 5. The minimum absolute atomic E-state index is 0.0594. The molecular formula is C20H22N4O2S. The van der Waals surface area contributed by atoms with Crippen molar-refractivity contribution >= 4 is 31.8 Å². The van der Waals surface area contributed by atoms with Gasteiger partial charge in [0, 0.05) is 37.0 Å². The van der Waals surface area contributed by atoms with Crippen LogP contribution in [-0.2, 0) is 17.8 Å². The molecule has 6 nitrogen and oxygen atoms in total. The average molecular weight is 382 g/mol. The van der Waals surface area contributed by atoms with Crippen molar-refractivity contribution in [1.29, 1.82) is 0 Å². The predicted octanol–water partition coefficient (Wildman–Crippen LogP) is 3.77. The van der Waals surface area contributed by atoms with E-state index >= 15 is 0 Å². The van der Waals surface area contributed by atoms with Crippen molar-refractivity contribution < 1.29 is 4.74 Å². The second-order valence-corrected chi connectivity index (χ2v) is 8.12. The highest BCUT2D eigenvalue weighted by Gasteiger charge is 2.20. The van der Waals surface area contributed by atoms with Crippen LogP contribution in [0.25, 0.3) is 20.4 Å². The molecule has 0 saturated carbocycles. The zero-order chi connectivity index (χ0) is 19.1. The number of nitrogens with zero attached hydrogens (tertiary/aromatic N) is 4. The molecule has 27 heavy (non-hydrogen) atoms. The van der Waals surface area contributed by atoms with Gasteiger partial charge in [-0.05, 0) is 36.6 Å². The fraction of sp³-hybridized carbons (Fsp3) is 0.350. The van der Waals surface area contributed by atoms with Gasteiger partial charge in [0.1, 0.15) is 15.4 Å². The molecule has 0 saturated heterocycles. The van der Waals surface area contributed by atoms with Gasteiger partial charge in [-0.15, -0.1) is 11.3 Å². The van der Waals surface area contributed by atoms with Crippen LogP contribution in [0.4, 0.5) is 0 Å². The molecule has 0 aliphatic heterocycles. The summed E-state index contributed by atoms with van der Waals surface area (Å²) in [7, 11) is 1.67. The Balaban J connectivity index is 2.12. The molecule has 0 fully saturated rings. The molecule has 140 valence electrons. The Labute approximate surface area is 161 Å².